The molecule has 2 aliphatic rings. The van der Waals surface area contributed by atoms with Crippen LogP contribution in [0.1, 0.15) is 13.3 Å². The third-order valence-corrected chi connectivity index (χ3v) is 4.80. The highest BCUT2D eigenvalue weighted by Crippen LogP contribution is 2.21. The van der Waals surface area contributed by atoms with Gasteiger partial charge < -0.3 is 15.0 Å². The molecule has 0 spiro atoms. The van der Waals surface area contributed by atoms with Crippen molar-refractivity contribution in [3.8, 4) is 0 Å². The summed E-state index contributed by atoms with van der Waals surface area (Å²) in [4.78, 5) is 2.62. The maximum absolute atomic E-state index is 5.61. The van der Waals surface area contributed by atoms with Crippen LogP contribution in [0, 0.1) is 5.92 Å². The second kappa shape index (κ2) is 6.24. The van der Waals surface area contributed by atoms with Gasteiger partial charge in [0.1, 0.15) is 0 Å². The quantitative estimate of drug-likeness (QED) is 0.802. The molecule has 0 aliphatic carbocycles. The minimum absolute atomic E-state index is 0.652. The summed E-state index contributed by atoms with van der Waals surface area (Å²) in [5, 5.41) is 4.24. The number of nitrogens with zero attached hydrogens (tertiary/aromatic N) is 1. The fourth-order valence-electron chi connectivity index (χ4n) is 2.74. The lowest BCUT2D eigenvalue weighted by Gasteiger charge is -2.38. The first-order chi connectivity index (χ1) is 7.79. The Bertz CT molecular complexity index is 215. The van der Waals surface area contributed by atoms with Gasteiger partial charge in [0.2, 0.25) is 0 Å². The first-order valence-corrected chi connectivity index (χ1v) is 7.43. The Morgan fingerprint density at radius 3 is 3.12 bits per heavy atom. The highest BCUT2D eigenvalue weighted by Gasteiger charge is 2.27. The monoisotopic (exact) mass is 244 g/mol. The van der Waals surface area contributed by atoms with Crippen LogP contribution < -0.4 is 5.32 Å². The SMILES string of the molecule is CNC1CCOCC1CN1CCSC(C)C1. The summed E-state index contributed by atoms with van der Waals surface area (Å²) >= 11 is 2.10. The summed E-state index contributed by atoms with van der Waals surface area (Å²) in [6.45, 7) is 7.90. The average molecular weight is 244 g/mol. The summed E-state index contributed by atoms with van der Waals surface area (Å²) in [6.07, 6.45) is 1.17. The number of thioether (sulfide) groups is 1. The molecule has 16 heavy (non-hydrogen) atoms. The number of hydrogen-bond donors (Lipinski definition) is 1. The van der Waals surface area contributed by atoms with E-state index in [0.717, 1.165) is 18.5 Å². The fraction of sp³-hybridized carbons (Fsp3) is 1.00. The van der Waals surface area contributed by atoms with Crippen LogP contribution in [-0.2, 0) is 4.74 Å². The smallest absolute Gasteiger partial charge is 0.0521 e. The maximum Gasteiger partial charge on any atom is 0.0521 e. The van der Waals surface area contributed by atoms with E-state index in [9.17, 15) is 0 Å². The molecule has 0 aromatic rings. The maximum atomic E-state index is 5.61. The highest BCUT2D eigenvalue weighted by molar-refractivity contribution is 7.99. The van der Waals surface area contributed by atoms with E-state index in [1.807, 2.05) is 0 Å². The van der Waals surface area contributed by atoms with Crippen LogP contribution in [0.25, 0.3) is 0 Å². The van der Waals surface area contributed by atoms with Gasteiger partial charge in [-0.15, -0.1) is 0 Å². The molecule has 2 rings (SSSR count). The standard InChI is InChI=1S/C12H24N2OS/c1-10-7-14(4-6-16-10)8-11-9-15-5-3-12(11)13-2/h10-13H,3-9H2,1-2H3. The molecule has 0 bridgehead atoms. The van der Waals surface area contributed by atoms with E-state index >= 15 is 0 Å². The van der Waals surface area contributed by atoms with Crippen molar-refractivity contribution in [1.82, 2.24) is 10.2 Å². The first kappa shape index (κ1) is 12.7. The number of rotatable bonds is 3. The average Bonchev–Trinajstić information content (AvgIpc) is 2.30. The largest absolute Gasteiger partial charge is 0.381 e. The van der Waals surface area contributed by atoms with Gasteiger partial charge in [0.05, 0.1) is 6.61 Å². The zero-order valence-electron chi connectivity index (χ0n) is 10.4. The van der Waals surface area contributed by atoms with Crippen molar-refractivity contribution >= 4 is 11.8 Å². The molecule has 4 heteroatoms. The second-order valence-electron chi connectivity index (χ2n) is 4.96. The van der Waals surface area contributed by atoms with Crippen molar-refractivity contribution < 1.29 is 4.74 Å². The van der Waals surface area contributed by atoms with E-state index in [-0.39, 0.29) is 0 Å². The first-order valence-electron chi connectivity index (χ1n) is 6.38. The summed E-state index contributed by atoms with van der Waals surface area (Å²) in [7, 11) is 2.08. The molecule has 1 N–H and O–H groups in total. The van der Waals surface area contributed by atoms with Gasteiger partial charge in [0, 0.05) is 49.2 Å². The zero-order valence-corrected chi connectivity index (χ0v) is 11.3. The van der Waals surface area contributed by atoms with Crippen molar-refractivity contribution in [3.63, 3.8) is 0 Å². The van der Waals surface area contributed by atoms with E-state index in [0.29, 0.717) is 12.0 Å². The van der Waals surface area contributed by atoms with Crippen LogP contribution in [0.5, 0.6) is 0 Å². The van der Waals surface area contributed by atoms with Gasteiger partial charge in [0.25, 0.3) is 0 Å². The van der Waals surface area contributed by atoms with Crippen LogP contribution in [0.4, 0.5) is 0 Å². The normalized spacial score (nSPS) is 37.5. The van der Waals surface area contributed by atoms with Gasteiger partial charge in [-0.3, -0.25) is 0 Å². The minimum atomic E-state index is 0.652. The Kier molecular flexibility index (Phi) is 4.95. The Labute approximate surface area is 103 Å². The van der Waals surface area contributed by atoms with Gasteiger partial charge in [-0.05, 0) is 13.5 Å². The number of nitrogens with one attached hydrogen (secondary N) is 1. The van der Waals surface area contributed by atoms with Crippen LogP contribution >= 0.6 is 11.8 Å². The molecular weight excluding hydrogens is 220 g/mol. The van der Waals surface area contributed by atoms with Crippen LogP contribution in [-0.4, -0.2) is 61.8 Å². The van der Waals surface area contributed by atoms with Crippen LogP contribution in [0.15, 0.2) is 0 Å². The summed E-state index contributed by atoms with van der Waals surface area (Å²) in [5.74, 6) is 1.97. The molecule has 0 aromatic heterocycles. The van der Waals surface area contributed by atoms with Crippen molar-refractivity contribution in [2.75, 3.05) is 45.6 Å². The van der Waals surface area contributed by atoms with E-state index in [1.54, 1.807) is 0 Å². The molecule has 0 aromatic carbocycles. The molecule has 3 atom stereocenters. The molecule has 0 amide bonds. The third kappa shape index (κ3) is 3.36. The van der Waals surface area contributed by atoms with Gasteiger partial charge >= 0.3 is 0 Å². The predicted molar refractivity (Wildman–Crippen MR) is 70.1 cm³/mol. The van der Waals surface area contributed by atoms with Gasteiger partial charge in [-0.25, -0.2) is 0 Å². The van der Waals surface area contributed by atoms with Crippen LogP contribution in [0.3, 0.4) is 0 Å². The van der Waals surface area contributed by atoms with Gasteiger partial charge in [-0.2, -0.15) is 11.8 Å². The predicted octanol–water partition coefficient (Wildman–Crippen LogP) is 1.05. The Hall–Kier alpha value is 0.230. The molecule has 0 radical (unpaired) electrons. The molecule has 2 fully saturated rings. The fourth-order valence-corrected chi connectivity index (χ4v) is 3.83. The van der Waals surface area contributed by atoms with E-state index in [1.165, 1.54) is 31.8 Å². The second-order valence-corrected chi connectivity index (χ2v) is 6.51. The van der Waals surface area contributed by atoms with Crippen molar-refractivity contribution in [2.24, 2.45) is 5.92 Å². The third-order valence-electron chi connectivity index (χ3n) is 3.66. The molecule has 3 nitrogen and oxygen atoms in total. The lowest BCUT2D eigenvalue weighted by atomic mass is 9.95. The topological polar surface area (TPSA) is 24.5 Å². The van der Waals surface area contributed by atoms with Crippen molar-refractivity contribution in [1.29, 1.82) is 0 Å². The molecule has 0 saturated carbocycles. The van der Waals surface area contributed by atoms with E-state index in [4.69, 9.17) is 4.74 Å². The van der Waals surface area contributed by atoms with Gasteiger partial charge in [0.15, 0.2) is 0 Å². The zero-order chi connectivity index (χ0) is 11.4. The molecular formula is C12H24N2OS. The summed E-state index contributed by atoms with van der Waals surface area (Å²) < 4.78 is 5.61. The number of hydrogen-bond acceptors (Lipinski definition) is 4. The minimum Gasteiger partial charge on any atom is -0.381 e. The molecule has 94 valence electrons. The van der Waals surface area contributed by atoms with Crippen molar-refractivity contribution in [3.05, 3.63) is 0 Å². The Morgan fingerprint density at radius 2 is 2.38 bits per heavy atom. The van der Waals surface area contributed by atoms with E-state index < -0.39 is 0 Å². The molecule has 2 aliphatic heterocycles. The van der Waals surface area contributed by atoms with Crippen LogP contribution in [0.2, 0.25) is 0 Å². The molecule has 2 saturated heterocycles. The lowest BCUT2D eigenvalue weighted by molar-refractivity contribution is 0.0190. The summed E-state index contributed by atoms with van der Waals surface area (Å²) in [5.41, 5.74) is 0. The molecule has 2 heterocycles. The lowest BCUT2D eigenvalue weighted by Crippen LogP contribution is -2.49. The number of ether oxygens (including phenoxy) is 1. The van der Waals surface area contributed by atoms with Crippen molar-refractivity contribution in [2.45, 2.75) is 24.6 Å². The van der Waals surface area contributed by atoms with Gasteiger partial charge in [-0.1, -0.05) is 6.92 Å². The van der Waals surface area contributed by atoms with E-state index in [2.05, 4.69) is 35.9 Å². The molecule has 3 unspecified atom stereocenters. The Morgan fingerprint density at radius 1 is 1.50 bits per heavy atom. The Balaban J connectivity index is 1.82. The highest BCUT2D eigenvalue weighted by atomic mass is 32.2. The summed E-state index contributed by atoms with van der Waals surface area (Å²) in [6, 6.07) is 0.652.